The number of anilines is 1. The average molecular weight is 321 g/mol. The molecule has 6 heteroatoms. The van der Waals surface area contributed by atoms with Crippen LogP contribution in [0.1, 0.15) is 12.8 Å². The van der Waals surface area contributed by atoms with Gasteiger partial charge < -0.3 is 14.2 Å². The number of nitrogens with zero attached hydrogens (tertiary/aromatic N) is 5. The van der Waals surface area contributed by atoms with Crippen molar-refractivity contribution in [1.82, 2.24) is 20.1 Å². The maximum absolute atomic E-state index is 5.99. The Bertz CT molecular complexity index is 868. The molecule has 0 unspecified atom stereocenters. The molecule has 3 aliphatic rings. The first-order chi connectivity index (χ1) is 11.9. The minimum Gasteiger partial charge on any atom is -0.402 e. The van der Waals surface area contributed by atoms with Crippen LogP contribution in [0.2, 0.25) is 0 Å². The Morgan fingerprint density at radius 2 is 1.79 bits per heavy atom. The van der Waals surface area contributed by atoms with E-state index >= 15 is 0 Å². The topological polar surface area (TPSA) is 58.3 Å². The standard InChI is InChI=1S/C18H19N5O/c1-2-4-14-12-19-16(11-13(14)3-1)17-20-21-18(24-17)23-10-9-22-7-5-15(23)6-8-22/h1-4,11-12,15H,5-10H2. The lowest BCUT2D eigenvalue weighted by atomic mass is 10.1. The molecule has 0 saturated carbocycles. The van der Waals surface area contributed by atoms with E-state index in [1.54, 1.807) is 0 Å². The zero-order valence-corrected chi connectivity index (χ0v) is 13.4. The number of hydrogen-bond donors (Lipinski definition) is 0. The van der Waals surface area contributed by atoms with E-state index in [4.69, 9.17) is 4.42 Å². The lowest BCUT2D eigenvalue weighted by Crippen LogP contribution is -2.38. The summed E-state index contributed by atoms with van der Waals surface area (Å²) in [6.45, 7) is 4.38. The summed E-state index contributed by atoms with van der Waals surface area (Å²) < 4.78 is 5.99. The highest BCUT2D eigenvalue weighted by atomic mass is 16.4. The molecule has 0 radical (unpaired) electrons. The summed E-state index contributed by atoms with van der Waals surface area (Å²) in [6.07, 6.45) is 4.20. The molecule has 6 rings (SSSR count). The van der Waals surface area contributed by atoms with Crippen molar-refractivity contribution >= 4 is 16.8 Å². The molecule has 3 aliphatic heterocycles. The normalized spacial score (nSPS) is 23.6. The van der Waals surface area contributed by atoms with Crippen LogP contribution in [0.4, 0.5) is 6.01 Å². The Kier molecular flexibility index (Phi) is 3.23. The number of pyridine rings is 1. The van der Waals surface area contributed by atoms with Crippen molar-refractivity contribution < 1.29 is 4.42 Å². The third kappa shape index (κ3) is 2.34. The van der Waals surface area contributed by atoms with Crippen LogP contribution >= 0.6 is 0 Å². The number of aromatic nitrogens is 3. The summed E-state index contributed by atoms with van der Waals surface area (Å²) in [6, 6.07) is 11.3. The number of benzene rings is 1. The van der Waals surface area contributed by atoms with Crippen LogP contribution in [-0.2, 0) is 0 Å². The van der Waals surface area contributed by atoms with Gasteiger partial charge in [0.15, 0.2) is 0 Å². The second kappa shape index (κ2) is 5.56. The smallest absolute Gasteiger partial charge is 0.318 e. The van der Waals surface area contributed by atoms with Crippen LogP contribution in [0, 0.1) is 0 Å². The van der Waals surface area contributed by atoms with Crippen molar-refractivity contribution in [3.63, 3.8) is 0 Å². The summed E-state index contributed by atoms with van der Waals surface area (Å²) in [4.78, 5) is 9.27. The molecule has 0 atom stereocenters. The summed E-state index contributed by atoms with van der Waals surface area (Å²) in [5.74, 6) is 0.495. The van der Waals surface area contributed by atoms with Crippen LogP contribution in [-0.4, -0.2) is 52.3 Å². The monoisotopic (exact) mass is 321 g/mol. The van der Waals surface area contributed by atoms with Gasteiger partial charge in [-0.25, -0.2) is 0 Å². The van der Waals surface area contributed by atoms with Crippen LogP contribution in [0.25, 0.3) is 22.4 Å². The lowest BCUT2D eigenvalue weighted by Gasteiger charge is -2.29. The van der Waals surface area contributed by atoms with Gasteiger partial charge in [-0.2, -0.15) is 0 Å². The van der Waals surface area contributed by atoms with Gasteiger partial charge in [0.2, 0.25) is 0 Å². The minimum atomic E-state index is 0.495. The summed E-state index contributed by atoms with van der Waals surface area (Å²) >= 11 is 0. The third-order valence-electron chi connectivity index (χ3n) is 5.17. The van der Waals surface area contributed by atoms with Gasteiger partial charge in [0, 0.05) is 43.8 Å². The molecule has 2 aromatic heterocycles. The van der Waals surface area contributed by atoms with Crippen molar-refractivity contribution in [2.24, 2.45) is 0 Å². The van der Waals surface area contributed by atoms with Crippen molar-refractivity contribution in [3.8, 4) is 11.6 Å². The number of rotatable bonds is 2. The molecule has 0 aliphatic carbocycles. The van der Waals surface area contributed by atoms with E-state index in [9.17, 15) is 0 Å². The van der Waals surface area contributed by atoms with Gasteiger partial charge in [0.05, 0.1) is 0 Å². The highest BCUT2D eigenvalue weighted by Gasteiger charge is 2.31. The third-order valence-corrected chi connectivity index (χ3v) is 5.17. The predicted molar refractivity (Wildman–Crippen MR) is 91.8 cm³/mol. The maximum atomic E-state index is 5.99. The second-order valence-electron chi connectivity index (χ2n) is 6.57. The van der Waals surface area contributed by atoms with E-state index in [1.807, 2.05) is 24.4 Å². The quantitative estimate of drug-likeness (QED) is 0.723. The van der Waals surface area contributed by atoms with E-state index < -0.39 is 0 Å². The molecular weight excluding hydrogens is 302 g/mol. The van der Waals surface area contributed by atoms with Gasteiger partial charge in [-0.05, 0) is 24.3 Å². The molecule has 3 aromatic rings. The van der Waals surface area contributed by atoms with Crippen LogP contribution in [0.5, 0.6) is 0 Å². The molecule has 5 heterocycles. The summed E-state index contributed by atoms with van der Waals surface area (Å²) in [5, 5.41) is 10.8. The Balaban J connectivity index is 1.47. The highest BCUT2D eigenvalue weighted by molar-refractivity contribution is 5.84. The van der Waals surface area contributed by atoms with Gasteiger partial charge in [0.1, 0.15) is 5.69 Å². The van der Waals surface area contributed by atoms with Gasteiger partial charge in [-0.1, -0.05) is 29.4 Å². The van der Waals surface area contributed by atoms with E-state index in [0.29, 0.717) is 17.9 Å². The molecule has 0 spiro atoms. The number of hydrogen-bond acceptors (Lipinski definition) is 6. The minimum absolute atomic E-state index is 0.495. The molecule has 122 valence electrons. The first kappa shape index (κ1) is 13.9. The maximum Gasteiger partial charge on any atom is 0.318 e. The summed E-state index contributed by atoms with van der Waals surface area (Å²) in [7, 11) is 0. The van der Waals surface area contributed by atoms with E-state index in [1.165, 1.54) is 25.9 Å². The van der Waals surface area contributed by atoms with Gasteiger partial charge in [0.25, 0.3) is 5.89 Å². The number of piperidine rings is 1. The van der Waals surface area contributed by atoms with Crippen LogP contribution in [0.15, 0.2) is 40.9 Å². The molecule has 3 fully saturated rings. The lowest BCUT2D eigenvalue weighted by molar-refractivity contribution is 0.249. The van der Waals surface area contributed by atoms with Crippen molar-refractivity contribution in [2.75, 3.05) is 31.1 Å². The average Bonchev–Trinajstić information content (AvgIpc) is 2.94. The molecular formula is C18H19N5O. The SMILES string of the molecule is c1ccc2cc(-c3nnc(N4CCN5CCC4CC5)o3)ncc2c1. The molecule has 2 bridgehead atoms. The van der Waals surface area contributed by atoms with Crippen molar-refractivity contribution in [1.29, 1.82) is 0 Å². The first-order valence-corrected chi connectivity index (χ1v) is 8.54. The zero-order valence-electron chi connectivity index (χ0n) is 13.4. The van der Waals surface area contributed by atoms with E-state index in [-0.39, 0.29) is 0 Å². The van der Waals surface area contributed by atoms with Crippen LogP contribution < -0.4 is 4.90 Å². The highest BCUT2D eigenvalue weighted by Crippen LogP contribution is 2.28. The Morgan fingerprint density at radius 1 is 0.958 bits per heavy atom. The summed E-state index contributed by atoms with van der Waals surface area (Å²) in [5.41, 5.74) is 0.732. The zero-order chi connectivity index (χ0) is 15.9. The van der Waals surface area contributed by atoms with Gasteiger partial charge >= 0.3 is 6.01 Å². The van der Waals surface area contributed by atoms with Gasteiger partial charge in [-0.3, -0.25) is 4.98 Å². The molecule has 0 amide bonds. The molecule has 3 saturated heterocycles. The molecule has 24 heavy (non-hydrogen) atoms. The Hall–Kier alpha value is -2.47. The van der Waals surface area contributed by atoms with E-state index in [2.05, 4.69) is 37.1 Å². The van der Waals surface area contributed by atoms with Gasteiger partial charge in [-0.15, -0.1) is 5.10 Å². The predicted octanol–water partition coefficient (Wildman–Crippen LogP) is 2.57. The Morgan fingerprint density at radius 3 is 2.67 bits per heavy atom. The Labute approximate surface area is 140 Å². The van der Waals surface area contributed by atoms with Crippen molar-refractivity contribution in [2.45, 2.75) is 18.9 Å². The fourth-order valence-corrected chi connectivity index (χ4v) is 3.77. The first-order valence-electron chi connectivity index (χ1n) is 8.54. The second-order valence-corrected chi connectivity index (χ2v) is 6.57. The molecule has 6 nitrogen and oxygen atoms in total. The number of fused-ring (bicyclic) bond motifs is 5. The fourth-order valence-electron chi connectivity index (χ4n) is 3.77. The van der Waals surface area contributed by atoms with Crippen molar-refractivity contribution in [3.05, 3.63) is 36.5 Å². The largest absolute Gasteiger partial charge is 0.402 e. The van der Waals surface area contributed by atoms with Crippen LogP contribution in [0.3, 0.4) is 0 Å². The molecule has 1 aromatic carbocycles. The van der Waals surface area contributed by atoms with E-state index in [0.717, 1.165) is 29.6 Å². The fraction of sp³-hybridized carbons (Fsp3) is 0.389. The molecule has 0 N–H and O–H groups in total.